The molecule has 2 aromatic rings. The molecular formula is C17H28N6S. The Balaban J connectivity index is 1.96. The van der Waals surface area contributed by atoms with Crippen LogP contribution < -0.4 is 10.6 Å². The van der Waals surface area contributed by atoms with Gasteiger partial charge in [0.2, 0.25) is 0 Å². The van der Waals surface area contributed by atoms with Crippen LogP contribution in [0.15, 0.2) is 11.2 Å². The first kappa shape index (κ1) is 18.4. The van der Waals surface area contributed by atoms with Gasteiger partial charge in [0.05, 0.1) is 12.2 Å². The smallest absolute Gasteiger partial charge is 0.191 e. The van der Waals surface area contributed by atoms with Crippen molar-refractivity contribution in [2.24, 2.45) is 12.0 Å². The maximum absolute atomic E-state index is 4.62. The summed E-state index contributed by atoms with van der Waals surface area (Å²) in [4.78, 5) is 10.0. The largest absolute Gasteiger partial charge is 0.352 e. The number of nitrogens with one attached hydrogen (secondary N) is 2. The van der Waals surface area contributed by atoms with E-state index in [0.29, 0.717) is 6.54 Å². The molecule has 0 aliphatic rings. The molecule has 0 saturated heterocycles. The summed E-state index contributed by atoms with van der Waals surface area (Å²) in [7, 11) is 3.81. The van der Waals surface area contributed by atoms with Crippen LogP contribution in [0.2, 0.25) is 0 Å². The van der Waals surface area contributed by atoms with Crippen molar-refractivity contribution in [1.82, 2.24) is 25.4 Å². The minimum absolute atomic E-state index is 0.693. The fourth-order valence-electron chi connectivity index (χ4n) is 2.74. The van der Waals surface area contributed by atoms with Crippen LogP contribution in [0, 0.1) is 0 Å². The van der Waals surface area contributed by atoms with Gasteiger partial charge in [0.25, 0.3) is 0 Å². The lowest BCUT2D eigenvalue weighted by Gasteiger charge is -2.12. The summed E-state index contributed by atoms with van der Waals surface area (Å²) in [5.41, 5.74) is 3.72. The maximum atomic E-state index is 4.62. The first-order chi connectivity index (χ1) is 11.6. The van der Waals surface area contributed by atoms with Crippen LogP contribution in [-0.2, 0) is 39.4 Å². The van der Waals surface area contributed by atoms with Crippen molar-refractivity contribution in [3.63, 3.8) is 0 Å². The third kappa shape index (κ3) is 4.35. The Bertz CT molecular complexity index is 685. The molecule has 0 aliphatic carbocycles. The summed E-state index contributed by atoms with van der Waals surface area (Å²) < 4.78 is 1.99. The van der Waals surface area contributed by atoms with Gasteiger partial charge < -0.3 is 10.6 Å². The van der Waals surface area contributed by atoms with Gasteiger partial charge in [0.15, 0.2) is 5.96 Å². The zero-order valence-electron chi connectivity index (χ0n) is 15.3. The van der Waals surface area contributed by atoms with Gasteiger partial charge in [-0.15, -0.1) is 11.3 Å². The summed E-state index contributed by atoms with van der Waals surface area (Å²) in [5, 5.41) is 12.4. The van der Waals surface area contributed by atoms with Crippen LogP contribution in [0.3, 0.4) is 0 Å². The van der Waals surface area contributed by atoms with Gasteiger partial charge in [0, 0.05) is 43.0 Å². The predicted molar refractivity (Wildman–Crippen MR) is 100 cm³/mol. The first-order valence-corrected chi connectivity index (χ1v) is 9.36. The summed E-state index contributed by atoms with van der Waals surface area (Å²) >= 11 is 1.75. The molecule has 0 fully saturated rings. The molecule has 2 aromatic heterocycles. The fourth-order valence-corrected chi connectivity index (χ4v) is 3.54. The average Bonchev–Trinajstić information content (AvgIpc) is 3.18. The molecular weight excluding hydrogens is 320 g/mol. The quantitative estimate of drug-likeness (QED) is 0.596. The van der Waals surface area contributed by atoms with Gasteiger partial charge >= 0.3 is 0 Å². The Hall–Kier alpha value is -1.89. The minimum atomic E-state index is 0.693. The van der Waals surface area contributed by atoms with E-state index in [-0.39, 0.29) is 0 Å². The molecule has 132 valence electrons. The van der Waals surface area contributed by atoms with E-state index in [1.807, 2.05) is 17.9 Å². The van der Waals surface area contributed by atoms with E-state index in [1.165, 1.54) is 16.1 Å². The number of guanidine groups is 1. The number of rotatable bonds is 7. The third-order valence-electron chi connectivity index (χ3n) is 4.04. The van der Waals surface area contributed by atoms with Gasteiger partial charge in [-0.1, -0.05) is 20.8 Å². The second-order valence-electron chi connectivity index (χ2n) is 5.56. The molecule has 6 nitrogen and oxygen atoms in total. The van der Waals surface area contributed by atoms with Crippen LogP contribution in [0.4, 0.5) is 0 Å². The van der Waals surface area contributed by atoms with Crippen molar-refractivity contribution in [2.75, 3.05) is 7.05 Å². The van der Waals surface area contributed by atoms with Crippen molar-refractivity contribution in [3.8, 4) is 0 Å². The average molecular weight is 349 g/mol. The molecule has 0 unspecified atom stereocenters. The molecule has 0 spiro atoms. The Morgan fingerprint density at radius 2 is 1.92 bits per heavy atom. The zero-order valence-corrected chi connectivity index (χ0v) is 16.1. The SMILES string of the molecule is CCc1cnc(CNC(=NC)NCc2c(CC)nn(C)c2CC)s1. The molecule has 0 aliphatic heterocycles. The molecule has 0 amide bonds. The number of aryl methyl sites for hydroxylation is 3. The molecule has 2 heterocycles. The van der Waals surface area contributed by atoms with Crippen LogP contribution in [0.1, 0.15) is 47.6 Å². The Morgan fingerprint density at radius 1 is 1.17 bits per heavy atom. The second kappa shape index (κ2) is 8.82. The summed E-state index contributed by atoms with van der Waals surface area (Å²) in [6.45, 7) is 7.89. The van der Waals surface area contributed by atoms with E-state index in [9.17, 15) is 0 Å². The molecule has 2 N–H and O–H groups in total. The maximum Gasteiger partial charge on any atom is 0.191 e. The van der Waals surface area contributed by atoms with E-state index in [1.54, 1.807) is 18.4 Å². The van der Waals surface area contributed by atoms with Gasteiger partial charge in [-0.05, 0) is 19.3 Å². The summed E-state index contributed by atoms with van der Waals surface area (Å²) in [6, 6.07) is 0. The van der Waals surface area contributed by atoms with Crippen molar-refractivity contribution >= 4 is 17.3 Å². The second-order valence-corrected chi connectivity index (χ2v) is 6.76. The summed E-state index contributed by atoms with van der Waals surface area (Å²) in [5.74, 6) is 0.788. The lowest BCUT2D eigenvalue weighted by molar-refractivity contribution is 0.702. The first-order valence-electron chi connectivity index (χ1n) is 8.54. The molecule has 0 saturated carbocycles. The van der Waals surface area contributed by atoms with Gasteiger partial charge in [-0.2, -0.15) is 5.10 Å². The lowest BCUT2D eigenvalue weighted by Crippen LogP contribution is -2.36. The fraction of sp³-hybridized carbons (Fsp3) is 0.588. The third-order valence-corrected chi connectivity index (χ3v) is 5.18. The lowest BCUT2D eigenvalue weighted by atomic mass is 10.1. The number of nitrogens with zero attached hydrogens (tertiary/aromatic N) is 4. The zero-order chi connectivity index (χ0) is 17.5. The molecule has 0 aromatic carbocycles. The number of hydrogen-bond donors (Lipinski definition) is 2. The summed E-state index contributed by atoms with van der Waals surface area (Å²) in [6.07, 6.45) is 4.90. The number of thiazole rings is 1. The predicted octanol–water partition coefficient (Wildman–Crippen LogP) is 2.43. The van der Waals surface area contributed by atoms with E-state index < -0.39 is 0 Å². The van der Waals surface area contributed by atoms with Crippen molar-refractivity contribution in [2.45, 2.75) is 53.1 Å². The normalized spacial score (nSPS) is 11.8. The molecule has 0 atom stereocenters. The number of hydrogen-bond acceptors (Lipinski definition) is 4. The van der Waals surface area contributed by atoms with Crippen molar-refractivity contribution in [1.29, 1.82) is 0 Å². The van der Waals surface area contributed by atoms with E-state index in [2.05, 4.69) is 46.5 Å². The highest BCUT2D eigenvalue weighted by molar-refractivity contribution is 7.11. The Labute approximate surface area is 148 Å². The van der Waals surface area contributed by atoms with Gasteiger partial charge in [0.1, 0.15) is 5.01 Å². The number of aliphatic imine (C=N–C) groups is 1. The number of aromatic nitrogens is 3. The van der Waals surface area contributed by atoms with Crippen LogP contribution in [0.5, 0.6) is 0 Å². The Kier molecular flexibility index (Phi) is 6.78. The van der Waals surface area contributed by atoms with Crippen LogP contribution in [-0.4, -0.2) is 27.8 Å². The Morgan fingerprint density at radius 3 is 2.50 bits per heavy atom. The highest BCUT2D eigenvalue weighted by Gasteiger charge is 2.13. The highest BCUT2D eigenvalue weighted by atomic mass is 32.1. The van der Waals surface area contributed by atoms with E-state index in [0.717, 1.165) is 42.5 Å². The van der Waals surface area contributed by atoms with E-state index in [4.69, 9.17) is 0 Å². The van der Waals surface area contributed by atoms with Crippen molar-refractivity contribution in [3.05, 3.63) is 33.0 Å². The van der Waals surface area contributed by atoms with Crippen molar-refractivity contribution < 1.29 is 0 Å². The molecule has 0 bridgehead atoms. The molecule has 24 heavy (non-hydrogen) atoms. The van der Waals surface area contributed by atoms with Gasteiger partial charge in [-0.25, -0.2) is 4.98 Å². The van der Waals surface area contributed by atoms with Crippen LogP contribution in [0.25, 0.3) is 0 Å². The monoisotopic (exact) mass is 348 g/mol. The topological polar surface area (TPSA) is 67.1 Å². The minimum Gasteiger partial charge on any atom is -0.352 e. The van der Waals surface area contributed by atoms with E-state index >= 15 is 0 Å². The highest BCUT2D eigenvalue weighted by Crippen LogP contribution is 2.15. The molecule has 2 rings (SSSR count). The molecule has 0 radical (unpaired) electrons. The van der Waals surface area contributed by atoms with Crippen LogP contribution >= 0.6 is 11.3 Å². The standard InChI is InChI=1S/C17H28N6S/c1-6-12-9-19-16(24-12)11-21-17(18-4)20-10-13-14(7-2)22-23(5)15(13)8-3/h9H,6-8,10-11H2,1-5H3,(H2,18,20,21). The molecule has 7 heteroatoms. The van der Waals surface area contributed by atoms with Gasteiger partial charge in [-0.3, -0.25) is 9.67 Å².